The van der Waals surface area contributed by atoms with Crippen molar-refractivity contribution in [3.63, 3.8) is 0 Å². The average molecular weight is 301 g/mol. The van der Waals surface area contributed by atoms with Crippen molar-refractivity contribution >= 4 is 23.1 Å². The van der Waals surface area contributed by atoms with Crippen molar-refractivity contribution in [1.82, 2.24) is 9.97 Å². The van der Waals surface area contributed by atoms with Crippen molar-refractivity contribution in [3.05, 3.63) is 21.6 Å². The first-order valence-electron chi connectivity index (χ1n) is 6.67. The lowest BCUT2D eigenvalue weighted by Crippen LogP contribution is -2.39. The van der Waals surface area contributed by atoms with Crippen molar-refractivity contribution in [2.45, 2.75) is 38.1 Å². The van der Waals surface area contributed by atoms with Crippen molar-refractivity contribution < 1.29 is 10.0 Å². The Morgan fingerprint density at radius 3 is 2.70 bits per heavy atom. The van der Waals surface area contributed by atoms with Gasteiger partial charge >= 0.3 is 5.69 Å². The number of hydrogen-bond donors (Lipinski definition) is 1. The molecule has 0 unspecified atom stereocenters. The predicted octanol–water partition coefficient (Wildman–Crippen LogP) is 2.17. The molecule has 0 spiro atoms. The fraction of sp³-hybridized carbons (Fsp3) is 0.667. The van der Waals surface area contributed by atoms with Crippen LogP contribution in [-0.2, 0) is 0 Å². The number of anilines is 1. The lowest BCUT2D eigenvalue weighted by Gasteiger charge is -2.34. The molecule has 0 atom stereocenters. The number of aromatic nitrogens is 2. The van der Waals surface area contributed by atoms with E-state index in [1.165, 1.54) is 12.7 Å². The highest BCUT2D eigenvalue weighted by atomic mass is 35.5. The third-order valence-electron chi connectivity index (χ3n) is 3.57. The van der Waals surface area contributed by atoms with Gasteiger partial charge in [-0.2, -0.15) is 0 Å². The maximum absolute atomic E-state index is 11.2. The number of aliphatic hydroxyl groups excluding tert-OH is 1. The van der Waals surface area contributed by atoms with Gasteiger partial charge in [0.15, 0.2) is 0 Å². The number of halogens is 1. The summed E-state index contributed by atoms with van der Waals surface area (Å²) in [6, 6.07) is 0.153. The van der Waals surface area contributed by atoms with Crippen LogP contribution >= 0.6 is 11.6 Å². The summed E-state index contributed by atoms with van der Waals surface area (Å²) in [4.78, 5) is 20.1. The molecule has 1 aliphatic carbocycles. The second-order valence-corrected chi connectivity index (χ2v) is 5.16. The molecule has 1 aromatic rings. The maximum atomic E-state index is 11.2. The Kier molecular flexibility index (Phi) is 5.08. The van der Waals surface area contributed by atoms with Crippen LogP contribution in [0, 0.1) is 10.1 Å². The molecular formula is C12H17ClN4O3. The normalized spacial score (nSPS) is 16.1. The van der Waals surface area contributed by atoms with Gasteiger partial charge < -0.3 is 10.0 Å². The van der Waals surface area contributed by atoms with E-state index in [9.17, 15) is 15.2 Å². The number of rotatable bonds is 5. The molecule has 0 amide bonds. The Labute approximate surface area is 121 Å². The summed E-state index contributed by atoms with van der Waals surface area (Å²) in [6.07, 6.45) is 6.45. The number of aliphatic hydroxyl groups is 1. The average Bonchev–Trinajstić information content (AvgIpc) is 2.45. The summed E-state index contributed by atoms with van der Waals surface area (Å²) in [6.45, 7) is 0.216. The fourth-order valence-corrected chi connectivity index (χ4v) is 2.87. The molecule has 1 aromatic heterocycles. The lowest BCUT2D eigenvalue weighted by molar-refractivity contribution is -0.384. The van der Waals surface area contributed by atoms with E-state index in [4.69, 9.17) is 11.6 Å². The highest BCUT2D eigenvalue weighted by Crippen LogP contribution is 2.35. The Morgan fingerprint density at radius 2 is 2.10 bits per heavy atom. The largest absolute Gasteiger partial charge is 0.395 e. The van der Waals surface area contributed by atoms with Gasteiger partial charge in [-0.05, 0) is 12.8 Å². The minimum absolute atomic E-state index is 0.0880. The minimum Gasteiger partial charge on any atom is -0.395 e. The molecule has 0 bridgehead atoms. The second kappa shape index (κ2) is 6.81. The summed E-state index contributed by atoms with van der Waals surface area (Å²) in [7, 11) is 0. The molecule has 1 saturated carbocycles. The van der Waals surface area contributed by atoms with Gasteiger partial charge in [-0.1, -0.05) is 30.9 Å². The summed E-state index contributed by atoms with van der Waals surface area (Å²) in [5, 5.41) is 20.3. The van der Waals surface area contributed by atoms with E-state index in [0.717, 1.165) is 25.7 Å². The number of hydrogen-bond acceptors (Lipinski definition) is 6. The summed E-state index contributed by atoms with van der Waals surface area (Å²) >= 11 is 5.83. The number of nitrogens with zero attached hydrogens (tertiary/aromatic N) is 4. The Balaban J connectivity index is 2.38. The molecule has 0 aromatic carbocycles. The Hall–Kier alpha value is -1.47. The van der Waals surface area contributed by atoms with Gasteiger partial charge in [0.05, 0.1) is 11.5 Å². The molecular weight excluding hydrogens is 284 g/mol. The van der Waals surface area contributed by atoms with Crippen molar-refractivity contribution in [2.24, 2.45) is 0 Å². The van der Waals surface area contributed by atoms with Crippen LogP contribution in [0.5, 0.6) is 0 Å². The molecule has 2 rings (SSSR count). The molecule has 1 aliphatic rings. The first-order chi connectivity index (χ1) is 9.65. The van der Waals surface area contributed by atoms with E-state index in [-0.39, 0.29) is 29.3 Å². The van der Waals surface area contributed by atoms with E-state index < -0.39 is 4.92 Å². The van der Waals surface area contributed by atoms with Gasteiger partial charge in [0, 0.05) is 12.6 Å². The Bertz CT molecular complexity index is 480. The van der Waals surface area contributed by atoms with Gasteiger partial charge in [-0.15, -0.1) is 0 Å². The highest BCUT2D eigenvalue weighted by Gasteiger charge is 2.30. The zero-order valence-corrected chi connectivity index (χ0v) is 11.8. The van der Waals surface area contributed by atoms with Crippen molar-refractivity contribution in [3.8, 4) is 0 Å². The summed E-state index contributed by atoms with van der Waals surface area (Å²) < 4.78 is 0. The Morgan fingerprint density at radius 1 is 1.40 bits per heavy atom. The maximum Gasteiger partial charge on any atom is 0.348 e. The molecule has 0 radical (unpaired) electrons. The van der Waals surface area contributed by atoms with Gasteiger partial charge in [-0.25, -0.2) is 9.97 Å². The quantitative estimate of drug-likeness (QED) is 0.509. The van der Waals surface area contributed by atoms with Crippen LogP contribution < -0.4 is 4.90 Å². The van der Waals surface area contributed by atoms with Crippen LogP contribution in [0.3, 0.4) is 0 Å². The SMILES string of the molecule is O=[N+]([O-])c1c(Cl)ncnc1N(CCO)C1CCCCC1. The van der Waals surface area contributed by atoms with Crippen molar-refractivity contribution in [2.75, 3.05) is 18.1 Å². The van der Waals surface area contributed by atoms with Gasteiger partial charge in [0.25, 0.3) is 0 Å². The lowest BCUT2D eigenvalue weighted by atomic mass is 9.94. The van der Waals surface area contributed by atoms with E-state index in [0.29, 0.717) is 6.54 Å². The van der Waals surface area contributed by atoms with Crippen LogP contribution in [0.25, 0.3) is 0 Å². The number of nitro groups is 1. The van der Waals surface area contributed by atoms with E-state index in [1.54, 1.807) is 4.90 Å². The molecule has 0 saturated heterocycles. The molecule has 1 N–H and O–H groups in total. The first kappa shape index (κ1) is 14.9. The molecule has 110 valence electrons. The zero-order valence-electron chi connectivity index (χ0n) is 11.0. The van der Waals surface area contributed by atoms with Gasteiger partial charge in [-0.3, -0.25) is 10.1 Å². The standard InChI is InChI=1S/C12H17ClN4O3/c13-11-10(17(19)20)12(15-8-14-11)16(6-7-18)9-4-2-1-3-5-9/h8-9,18H,1-7H2. The predicted molar refractivity (Wildman–Crippen MR) is 75.0 cm³/mol. The molecule has 7 nitrogen and oxygen atoms in total. The molecule has 20 heavy (non-hydrogen) atoms. The molecule has 1 fully saturated rings. The van der Waals surface area contributed by atoms with E-state index in [1.807, 2.05) is 0 Å². The summed E-state index contributed by atoms with van der Waals surface area (Å²) in [5.74, 6) is 0.205. The first-order valence-corrected chi connectivity index (χ1v) is 7.05. The fourth-order valence-electron chi connectivity index (χ4n) is 2.68. The summed E-state index contributed by atoms with van der Waals surface area (Å²) in [5.41, 5.74) is -0.284. The second-order valence-electron chi connectivity index (χ2n) is 4.80. The van der Waals surface area contributed by atoms with Gasteiger partial charge in [0.2, 0.25) is 11.0 Å². The molecule has 8 heteroatoms. The highest BCUT2D eigenvalue weighted by molar-refractivity contribution is 6.31. The zero-order chi connectivity index (χ0) is 14.5. The van der Waals surface area contributed by atoms with Crippen LogP contribution in [-0.4, -0.2) is 39.2 Å². The van der Waals surface area contributed by atoms with Gasteiger partial charge in [0.1, 0.15) is 6.33 Å². The monoisotopic (exact) mass is 300 g/mol. The van der Waals surface area contributed by atoms with Crippen LogP contribution in [0.4, 0.5) is 11.5 Å². The van der Waals surface area contributed by atoms with Crippen LogP contribution in [0.1, 0.15) is 32.1 Å². The van der Waals surface area contributed by atoms with Crippen LogP contribution in [0.15, 0.2) is 6.33 Å². The minimum atomic E-state index is -0.565. The third-order valence-corrected chi connectivity index (χ3v) is 3.85. The van der Waals surface area contributed by atoms with E-state index >= 15 is 0 Å². The van der Waals surface area contributed by atoms with Crippen molar-refractivity contribution in [1.29, 1.82) is 0 Å². The van der Waals surface area contributed by atoms with E-state index in [2.05, 4.69) is 9.97 Å². The van der Waals surface area contributed by atoms with Crippen LogP contribution in [0.2, 0.25) is 5.15 Å². The third kappa shape index (κ3) is 3.16. The topological polar surface area (TPSA) is 92.4 Å². The smallest absolute Gasteiger partial charge is 0.348 e. The molecule has 0 aliphatic heterocycles. The molecule has 1 heterocycles.